The molecule has 0 aliphatic rings. The van der Waals surface area contributed by atoms with Crippen molar-refractivity contribution in [2.45, 2.75) is 0 Å². The lowest BCUT2D eigenvalue weighted by Crippen LogP contribution is -2.11. The number of aromatic nitrogens is 4. The molecule has 0 fully saturated rings. The first kappa shape index (κ1) is 55.4. The SMILES string of the molecule is Brc1ccc2sc3cc(-c4ccc5c(c4)c4ccccc4n5-c4ccccc4)ccc3c2c1.c1ccc(N(c2ccc3sc4cc(-c5ccc6c(c5)c5ccccc5n6-c5ccccc5)ccc4c3c2)c2ccccn2)cc1.c1ccc(Nc2ccccn2)cc1. The van der Waals surface area contributed by atoms with E-state index in [1.54, 1.807) is 6.20 Å². The number of hydrogen-bond donors (Lipinski definition) is 1. The highest BCUT2D eigenvalue weighted by atomic mass is 79.9. The monoisotopic (exact) mass is 1270 g/mol. The normalized spacial score (nSPS) is 11.4. The van der Waals surface area contributed by atoms with Gasteiger partial charge in [0.05, 0.1) is 22.1 Å². The number of anilines is 5. The summed E-state index contributed by atoms with van der Waals surface area (Å²) in [4.78, 5) is 11.1. The van der Waals surface area contributed by atoms with Crippen molar-refractivity contribution in [3.8, 4) is 33.6 Å². The maximum atomic E-state index is 4.69. The fourth-order valence-corrected chi connectivity index (χ4v) is 15.2. The molecule has 0 atom stereocenters. The number of para-hydroxylation sites is 6. The van der Waals surface area contributed by atoms with Crippen LogP contribution in [0.4, 0.5) is 28.7 Å². The molecule has 0 amide bonds. The van der Waals surface area contributed by atoms with Crippen LogP contribution in [-0.2, 0) is 0 Å². The van der Waals surface area contributed by atoms with E-state index in [-0.39, 0.29) is 0 Å². The lowest BCUT2D eigenvalue weighted by molar-refractivity contribution is 1.18. The van der Waals surface area contributed by atoms with Crippen molar-refractivity contribution in [1.82, 2.24) is 19.1 Å². The molecule has 0 bridgehead atoms. The van der Waals surface area contributed by atoms with Crippen LogP contribution in [0.5, 0.6) is 0 Å². The highest BCUT2D eigenvalue weighted by Gasteiger charge is 2.19. The van der Waals surface area contributed by atoms with Crippen molar-refractivity contribution < 1.29 is 0 Å². The van der Waals surface area contributed by atoms with Crippen molar-refractivity contribution >= 4 is 151 Å². The van der Waals surface area contributed by atoms with Crippen molar-refractivity contribution in [3.63, 3.8) is 0 Å². The number of fused-ring (bicyclic) bond motifs is 12. The Morgan fingerprint density at radius 1 is 0.308 bits per heavy atom. The summed E-state index contributed by atoms with van der Waals surface area (Å²) in [5.74, 6) is 1.77. The zero-order valence-corrected chi connectivity index (χ0v) is 52.3. The predicted molar refractivity (Wildman–Crippen MR) is 392 cm³/mol. The van der Waals surface area contributed by atoms with E-state index in [1.807, 2.05) is 95.6 Å². The summed E-state index contributed by atoms with van der Waals surface area (Å²) in [5, 5.41) is 13.5. The molecule has 9 heteroatoms. The van der Waals surface area contributed by atoms with Crippen LogP contribution in [0.25, 0.3) is 118 Å². The van der Waals surface area contributed by atoms with Crippen molar-refractivity contribution in [2.75, 3.05) is 10.2 Å². The fraction of sp³-hybridized carbons (Fsp3) is 0. The molecule has 6 aromatic heterocycles. The maximum absolute atomic E-state index is 4.69. The lowest BCUT2D eigenvalue weighted by Gasteiger charge is -2.24. The van der Waals surface area contributed by atoms with Crippen LogP contribution in [0.1, 0.15) is 0 Å². The van der Waals surface area contributed by atoms with Crippen LogP contribution < -0.4 is 10.2 Å². The Morgan fingerprint density at radius 3 is 1.32 bits per heavy atom. The van der Waals surface area contributed by atoms with E-state index in [2.05, 4.69) is 289 Å². The molecule has 0 aliphatic heterocycles. The zero-order valence-electron chi connectivity index (χ0n) is 49.1. The molecular formula is C82H55BrN6S2. The lowest BCUT2D eigenvalue weighted by atomic mass is 10.0. The van der Waals surface area contributed by atoms with Gasteiger partial charge in [-0.2, -0.15) is 0 Å². The van der Waals surface area contributed by atoms with Crippen LogP contribution in [0.2, 0.25) is 0 Å². The Hall–Kier alpha value is -10.9. The second-order valence-corrected chi connectivity index (χ2v) is 25.4. The highest BCUT2D eigenvalue weighted by Crippen LogP contribution is 2.44. The third kappa shape index (κ3) is 10.7. The van der Waals surface area contributed by atoms with Crippen molar-refractivity contribution in [2.24, 2.45) is 0 Å². The quantitative estimate of drug-likeness (QED) is 0.156. The van der Waals surface area contributed by atoms with Crippen molar-refractivity contribution in [1.29, 1.82) is 0 Å². The van der Waals surface area contributed by atoms with Gasteiger partial charge in [0.15, 0.2) is 0 Å². The van der Waals surface area contributed by atoms with Gasteiger partial charge in [0, 0.05) is 107 Å². The smallest absolute Gasteiger partial charge is 0.137 e. The van der Waals surface area contributed by atoms with E-state index in [1.165, 1.54) is 118 Å². The number of benzene rings is 12. The van der Waals surface area contributed by atoms with Crippen LogP contribution in [0.15, 0.2) is 332 Å². The maximum Gasteiger partial charge on any atom is 0.137 e. The summed E-state index contributed by atoms with van der Waals surface area (Å²) in [6.45, 7) is 0. The number of hydrogen-bond acceptors (Lipinski definition) is 6. The van der Waals surface area contributed by atoms with Gasteiger partial charge in [0.2, 0.25) is 0 Å². The van der Waals surface area contributed by atoms with E-state index in [9.17, 15) is 0 Å². The molecular weight excluding hydrogens is 1210 g/mol. The number of thiophene rings is 2. The van der Waals surface area contributed by atoms with E-state index >= 15 is 0 Å². The average Bonchev–Trinajstić information content (AvgIpc) is 1.64. The number of nitrogens with zero attached hydrogens (tertiary/aromatic N) is 5. The molecule has 91 heavy (non-hydrogen) atoms. The van der Waals surface area contributed by atoms with Crippen LogP contribution in [0, 0.1) is 0 Å². The van der Waals surface area contributed by atoms with Crippen LogP contribution in [0.3, 0.4) is 0 Å². The van der Waals surface area contributed by atoms with Crippen LogP contribution in [-0.4, -0.2) is 19.1 Å². The summed E-state index contributed by atoms with van der Waals surface area (Å²) >= 11 is 7.33. The first-order valence-corrected chi connectivity index (χ1v) is 32.7. The van der Waals surface area contributed by atoms with Gasteiger partial charge >= 0.3 is 0 Å². The number of pyridine rings is 2. The minimum atomic E-state index is 0.869. The molecule has 0 aliphatic carbocycles. The molecule has 0 saturated carbocycles. The highest BCUT2D eigenvalue weighted by molar-refractivity contribution is 9.10. The summed E-state index contributed by atoms with van der Waals surface area (Å²) in [5.41, 5.74) is 15.5. The minimum absolute atomic E-state index is 0.869. The summed E-state index contributed by atoms with van der Waals surface area (Å²) in [7, 11) is 0. The molecule has 432 valence electrons. The molecule has 0 radical (unpaired) electrons. The molecule has 0 unspecified atom stereocenters. The van der Waals surface area contributed by atoms with Gasteiger partial charge in [0.25, 0.3) is 0 Å². The Kier molecular flexibility index (Phi) is 14.7. The van der Waals surface area contributed by atoms with Crippen molar-refractivity contribution in [3.05, 3.63) is 332 Å². The van der Waals surface area contributed by atoms with E-state index in [0.717, 1.165) is 33.2 Å². The molecule has 6 nitrogen and oxygen atoms in total. The van der Waals surface area contributed by atoms with Gasteiger partial charge in [-0.25, -0.2) is 9.97 Å². The third-order valence-corrected chi connectivity index (χ3v) is 19.6. The van der Waals surface area contributed by atoms with Gasteiger partial charge in [-0.05, 0) is 180 Å². The largest absolute Gasteiger partial charge is 0.340 e. The Labute approximate surface area is 542 Å². The van der Waals surface area contributed by atoms with E-state index in [0.29, 0.717) is 0 Å². The van der Waals surface area contributed by atoms with E-state index < -0.39 is 0 Å². The van der Waals surface area contributed by atoms with Crippen LogP contribution >= 0.6 is 38.6 Å². The average molecular weight is 1270 g/mol. The Balaban J connectivity index is 0.000000125. The molecule has 18 aromatic rings. The molecule has 0 saturated heterocycles. The summed E-state index contributed by atoms with van der Waals surface area (Å²) in [6, 6.07) is 112. The first-order valence-electron chi connectivity index (χ1n) is 30.3. The number of rotatable bonds is 9. The molecule has 12 aromatic carbocycles. The first-order chi connectivity index (χ1) is 45.0. The van der Waals surface area contributed by atoms with E-state index in [4.69, 9.17) is 4.98 Å². The topological polar surface area (TPSA) is 50.9 Å². The Morgan fingerprint density at radius 2 is 0.769 bits per heavy atom. The number of nitrogens with one attached hydrogen (secondary N) is 1. The zero-order chi connectivity index (χ0) is 60.6. The standard InChI is InChI=1S/C41H27N3S.C30H18BrNS.C11H10N2/c1-3-11-30(12-4-1)43(41-17-9-10-24-42-41)32-20-23-39-36(27-32)34-21-18-29(26-40(34)45-39)28-19-22-38-35(25-28)33-15-7-8-16-37(33)44(38)31-13-5-2-6-14-31;31-21-12-15-29-26(18-21)24-13-10-20(17-30(24)33-29)19-11-14-28-25(16-19)23-8-4-5-9-27(23)32(28)22-6-2-1-3-7-22;1-2-6-10(7-3-1)13-11-8-4-5-9-12-11/h1-27H;1-18H;1-9H,(H,12,13). The molecule has 6 heterocycles. The van der Waals surface area contributed by atoms with Gasteiger partial charge in [-0.1, -0.05) is 174 Å². The van der Waals surface area contributed by atoms with Gasteiger partial charge in [-0.3, -0.25) is 4.90 Å². The molecule has 0 spiro atoms. The molecule has 18 rings (SSSR count). The second-order valence-electron chi connectivity index (χ2n) is 22.4. The minimum Gasteiger partial charge on any atom is -0.340 e. The molecule has 1 N–H and O–H groups in total. The van der Waals surface area contributed by atoms with Gasteiger partial charge in [0.1, 0.15) is 11.6 Å². The number of halogens is 1. The summed E-state index contributed by atoms with van der Waals surface area (Å²) < 4.78 is 11.1. The predicted octanol–water partition coefficient (Wildman–Crippen LogP) is 24.1. The van der Waals surface area contributed by atoms with Gasteiger partial charge < -0.3 is 14.5 Å². The second kappa shape index (κ2) is 24.2. The third-order valence-electron chi connectivity index (χ3n) is 16.8. The summed E-state index contributed by atoms with van der Waals surface area (Å²) in [6.07, 6.45) is 3.62. The Bertz CT molecular complexity index is 5560. The van der Waals surface area contributed by atoms with Gasteiger partial charge in [-0.15, -0.1) is 22.7 Å². The fourth-order valence-electron chi connectivity index (χ4n) is 12.6.